The molecule has 0 nitrogen and oxygen atoms in total. The Morgan fingerprint density at radius 2 is 1.06 bits per heavy atom. The molecular weight excluding hydrogens is 204 g/mol. The molecule has 92 valence electrons. The second-order valence-electron chi connectivity index (χ2n) is 5.95. The minimum Gasteiger partial charge on any atom is -0.0885 e. The molecule has 0 saturated heterocycles. The minimum atomic E-state index is 0.922. The van der Waals surface area contributed by atoms with Crippen molar-refractivity contribution < 1.29 is 0 Å². The molecule has 0 aromatic heterocycles. The van der Waals surface area contributed by atoms with Gasteiger partial charge in [0.25, 0.3) is 0 Å². The highest BCUT2D eigenvalue weighted by atomic mass is 14.5. The summed E-state index contributed by atoms with van der Waals surface area (Å²) in [5.74, 6) is 3.82. The van der Waals surface area contributed by atoms with E-state index in [-0.39, 0.29) is 0 Å². The summed E-state index contributed by atoms with van der Waals surface area (Å²) >= 11 is 0. The SMILES string of the molecule is C1=CCCC2C3C=CC(C3)C2CCC=CCC1. The van der Waals surface area contributed by atoms with E-state index < -0.39 is 0 Å². The summed E-state index contributed by atoms with van der Waals surface area (Å²) in [4.78, 5) is 0. The Balaban J connectivity index is 1.70. The standard InChI is InChI=1S/C17H24/c1-2-4-6-8-10-17-15-12-11-14(13-15)16(17)9-7-5-3-1/h3-6,11-12,14-17H,1-2,7-10,13H2. The molecule has 4 unspecified atom stereocenters. The molecule has 1 fully saturated rings. The van der Waals surface area contributed by atoms with Gasteiger partial charge in [0.05, 0.1) is 0 Å². The van der Waals surface area contributed by atoms with Gasteiger partial charge in [0.1, 0.15) is 0 Å². The van der Waals surface area contributed by atoms with Gasteiger partial charge in [-0.05, 0) is 68.6 Å². The van der Waals surface area contributed by atoms with Crippen molar-refractivity contribution in [2.75, 3.05) is 0 Å². The zero-order chi connectivity index (χ0) is 11.5. The molecule has 17 heavy (non-hydrogen) atoms. The van der Waals surface area contributed by atoms with Crippen molar-refractivity contribution in [3.05, 3.63) is 36.5 Å². The topological polar surface area (TPSA) is 0 Å². The summed E-state index contributed by atoms with van der Waals surface area (Å²) in [5.41, 5.74) is 0. The molecule has 3 aliphatic carbocycles. The van der Waals surface area contributed by atoms with Gasteiger partial charge in [0.15, 0.2) is 0 Å². The van der Waals surface area contributed by atoms with Crippen LogP contribution in [0, 0.1) is 23.7 Å². The number of hydrogen-bond donors (Lipinski definition) is 0. The lowest BCUT2D eigenvalue weighted by atomic mass is 9.78. The second kappa shape index (κ2) is 5.25. The molecule has 0 amide bonds. The maximum atomic E-state index is 2.51. The van der Waals surface area contributed by atoms with Gasteiger partial charge in [-0.2, -0.15) is 0 Å². The van der Waals surface area contributed by atoms with E-state index in [4.69, 9.17) is 0 Å². The lowest BCUT2D eigenvalue weighted by molar-refractivity contribution is 0.278. The molecule has 0 aromatic rings. The van der Waals surface area contributed by atoms with E-state index in [1.165, 1.54) is 44.9 Å². The van der Waals surface area contributed by atoms with E-state index in [1.54, 1.807) is 0 Å². The fourth-order valence-corrected chi connectivity index (χ4v) is 4.12. The van der Waals surface area contributed by atoms with Crippen molar-refractivity contribution in [3.8, 4) is 0 Å². The van der Waals surface area contributed by atoms with Gasteiger partial charge < -0.3 is 0 Å². The van der Waals surface area contributed by atoms with Crippen LogP contribution in [-0.4, -0.2) is 0 Å². The van der Waals surface area contributed by atoms with Crippen LogP contribution in [0.3, 0.4) is 0 Å². The third-order valence-corrected chi connectivity index (χ3v) is 4.97. The van der Waals surface area contributed by atoms with E-state index in [0.717, 1.165) is 23.7 Å². The van der Waals surface area contributed by atoms with Gasteiger partial charge in [-0.25, -0.2) is 0 Å². The average Bonchev–Trinajstić information content (AvgIpc) is 2.89. The van der Waals surface area contributed by atoms with Crippen LogP contribution in [0.1, 0.15) is 44.9 Å². The molecule has 0 radical (unpaired) electrons. The molecule has 4 atom stereocenters. The van der Waals surface area contributed by atoms with Crippen molar-refractivity contribution in [1.29, 1.82) is 0 Å². The zero-order valence-corrected chi connectivity index (χ0v) is 10.7. The van der Waals surface area contributed by atoms with E-state index in [9.17, 15) is 0 Å². The van der Waals surface area contributed by atoms with E-state index in [1.807, 2.05) is 0 Å². The molecule has 0 heteroatoms. The minimum absolute atomic E-state index is 0.922. The Hall–Kier alpha value is -0.780. The summed E-state index contributed by atoms with van der Waals surface area (Å²) in [6.07, 6.45) is 24.0. The normalized spacial score (nSPS) is 40.9. The van der Waals surface area contributed by atoms with Crippen LogP contribution >= 0.6 is 0 Å². The first-order valence-electron chi connectivity index (χ1n) is 7.43. The Kier molecular flexibility index (Phi) is 3.49. The van der Waals surface area contributed by atoms with Crippen LogP contribution in [0.2, 0.25) is 0 Å². The van der Waals surface area contributed by atoms with Gasteiger partial charge in [0.2, 0.25) is 0 Å². The number of fused-ring (bicyclic) bond motifs is 5. The van der Waals surface area contributed by atoms with Crippen molar-refractivity contribution >= 4 is 0 Å². The van der Waals surface area contributed by atoms with Gasteiger partial charge in [-0.3, -0.25) is 0 Å². The first-order chi connectivity index (χ1) is 8.45. The quantitative estimate of drug-likeness (QED) is 0.518. The van der Waals surface area contributed by atoms with Crippen molar-refractivity contribution in [2.45, 2.75) is 44.9 Å². The van der Waals surface area contributed by atoms with Gasteiger partial charge >= 0.3 is 0 Å². The summed E-state index contributed by atoms with van der Waals surface area (Å²) in [7, 11) is 0. The average molecular weight is 228 g/mol. The van der Waals surface area contributed by atoms with E-state index in [0.29, 0.717) is 0 Å². The summed E-state index contributed by atoms with van der Waals surface area (Å²) in [5, 5.41) is 0. The largest absolute Gasteiger partial charge is 0.0885 e. The molecular formula is C17H24. The van der Waals surface area contributed by atoms with E-state index >= 15 is 0 Å². The molecule has 0 N–H and O–H groups in total. The Morgan fingerprint density at radius 1 is 0.588 bits per heavy atom. The molecule has 0 aliphatic heterocycles. The predicted molar refractivity (Wildman–Crippen MR) is 73.7 cm³/mol. The van der Waals surface area contributed by atoms with Gasteiger partial charge in [-0.1, -0.05) is 36.5 Å². The second-order valence-corrected chi connectivity index (χ2v) is 5.95. The summed E-state index contributed by atoms with van der Waals surface area (Å²) in [6.45, 7) is 0. The molecule has 0 spiro atoms. The third-order valence-electron chi connectivity index (χ3n) is 4.97. The molecule has 1 saturated carbocycles. The summed E-state index contributed by atoms with van der Waals surface area (Å²) < 4.78 is 0. The van der Waals surface area contributed by atoms with Crippen LogP contribution in [0.25, 0.3) is 0 Å². The monoisotopic (exact) mass is 228 g/mol. The maximum Gasteiger partial charge on any atom is -0.0196 e. The Morgan fingerprint density at radius 3 is 1.59 bits per heavy atom. The Bertz CT molecular complexity index is 302. The van der Waals surface area contributed by atoms with Crippen LogP contribution < -0.4 is 0 Å². The highest BCUT2D eigenvalue weighted by Gasteiger charge is 2.42. The molecule has 0 aromatic carbocycles. The molecule has 3 rings (SSSR count). The fraction of sp³-hybridized carbons (Fsp3) is 0.647. The highest BCUT2D eigenvalue weighted by molar-refractivity contribution is 5.14. The predicted octanol–water partition coefficient (Wildman–Crippen LogP) is 4.89. The first kappa shape index (κ1) is 11.3. The third kappa shape index (κ3) is 2.41. The lowest BCUT2D eigenvalue weighted by Crippen LogP contribution is -2.19. The van der Waals surface area contributed by atoms with Crippen molar-refractivity contribution in [2.24, 2.45) is 23.7 Å². The van der Waals surface area contributed by atoms with Crippen molar-refractivity contribution in [3.63, 3.8) is 0 Å². The number of rotatable bonds is 0. The first-order valence-corrected chi connectivity index (χ1v) is 7.43. The van der Waals surface area contributed by atoms with Crippen LogP contribution in [0.4, 0.5) is 0 Å². The number of allylic oxidation sites excluding steroid dienone is 6. The van der Waals surface area contributed by atoms with Crippen LogP contribution in [0.15, 0.2) is 36.5 Å². The summed E-state index contributed by atoms with van der Waals surface area (Å²) in [6, 6.07) is 0. The van der Waals surface area contributed by atoms with Gasteiger partial charge in [-0.15, -0.1) is 0 Å². The molecule has 0 heterocycles. The lowest BCUT2D eigenvalue weighted by Gasteiger charge is -2.27. The fourth-order valence-electron chi connectivity index (χ4n) is 4.12. The molecule has 3 aliphatic rings. The van der Waals surface area contributed by atoms with Crippen LogP contribution in [-0.2, 0) is 0 Å². The van der Waals surface area contributed by atoms with Gasteiger partial charge in [0, 0.05) is 0 Å². The smallest absolute Gasteiger partial charge is 0.0196 e. The highest BCUT2D eigenvalue weighted by Crippen LogP contribution is 2.51. The Labute approximate surface area is 105 Å². The number of hydrogen-bond acceptors (Lipinski definition) is 0. The van der Waals surface area contributed by atoms with Crippen molar-refractivity contribution in [1.82, 2.24) is 0 Å². The van der Waals surface area contributed by atoms with E-state index in [2.05, 4.69) is 36.5 Å². The molecule has 2 bridgehead atoms. The maximum absolute atomic E-state index is 2.51. The van der Waals surface area contributed by atoms with Crippen LogP contribution in [0.5, 0.6) is 0 Å². The zero-order valence-electron chi connectivity index (χ0n) is 10.7.